The minimum Gasteiger partial charge on any atom is -0.306 e. The summed E-state index contributed by atoms with van der Waals surface area (Å²) in [7, 11) is 3.54. The smallest absolute Gasteiger partial charge is 0.00955 e. The average Bonchev–Trinajstić information content (AvgIpc) is 3.35. The number of benzene rings is 4. The Hall–Kier alpha value is -2.30. The molecule has 0 radical (unpaired) electrons. The van der Waals surface area contributed by atoms with Gasteiger partial charge in [-0.15, -0.1) is 0 Å². The normalized spacial score (nSPS) is 20.8. The highest BCUT2D eigenvalue weighted by Crippen LogP contribution is 2.60. The van der Waals surface area contributed by atoms with Gasteiger partial charge in [-0.05, 0) is 88.2 Å². The summed E-state index contributed by atoms with van der Waals surface area (Å²) in [5.74, 6) is 0.661. The molecule has 0 bridgehead atoms. The fourth-order valence-corrected chi connectivity index (χ4v) is 13.0. The molecule has 4 atom stereocenters. The Kier molecular flexibility index (Phi) is 8.33. The fourth-order valence-electron chi connectivity index (χ4n) is 5.92. The van der Waals surface area contributed by atoms with E-state index in [2.05, 4.69) is 147 Å². The molecule has 4 aromatic rings. The Bertz CT molecular complexity index is 1120. The van der Waals surface area contributed by atoms with Crippen LogP contribution in [0.3, 0.4) is 0 Å². The monoisotopic (exact) mass is 509 g/mol. The third-order valence-electron chi connectivity index (χ3n) is 7.83. The molecule has 184 valence electrons. The molecule has 1 aliphatic rings. The van der Waals surface area contributed by atoms with E-state index in [0.717, 1.165) is 0 Å². The molecule has 0 spiro atoms. The first-order valence-corrected chi connectivity index (χ1v) is 15.9. The maximum Gasteiger partial charge on any atom is 0.00955 e. The summed E-state index contributed by atoms with van der Waals surface area (Å²) >= 11 is 0. The van der Waals surface area contributed by atoms with Crippen molar-refractivity contribution in [2.75, 3.05) is 14.1 Å². The van der Waals surface area contributed by atoms with Crippen molar-refractivity contribution in [1.29, 1.82) is 0 Å². The summed E-state index contributed by atoms with van der Waals surface area (Å²) in [6.07, 6.45) is 2.59. The molecule has 1 fully saturated rings. The van der Waals surface area contributed by atoms with Gasteiger partial charge >= 0.3 is 0 Å². The molecule has 0 aromatic heterocycles. The van der Waals surface area contributed by atoms with E-state index in [1.165, 1.54) is 34.1 Å². The lowest BCUT2D eigenvalue weighted by Crippen LogP contribution is -2.42. The van der Waals surface area contributed by atoms with Crippen LogP contribution < -0.4 is 21.2 Å². The third kappa shape index (κ3) is 5.35. The SMILES string of the molecule is C[C@H](C1CCC(P(c2ccccc2)c2ccccc2)C1P(c1ccccc1)c1ccccc1)N(C)C. The molecule has 1 aliphatic carbocycles. The molecule has 36 heavy (non-hydrogen) atoms. The van der Waals surface area contributed by atoms with Crippen LogP contribution in [-0.2, 0) is 0 Å². The van der Waals surface area contributed by atoms with Gasteiger partial charge in [0.1, 0.15) is 0 Å². The molecule has 1 nitrogen and oxygen atoms in total. The van der Waals surface area contributed by atoms with E-state index >= 15 is 0 Å². The molecule has 1 saturated carbocycles. The predicted molar refractivity (Wildman–Crippen MR) is 162 cm³/mol. The second-order valence-electron chi connectivity index (χ2n) is 10.1. The van der Waals surface area contributed by atoms with Crippen LogP contribution in [0.5, 0.6) is 0 Å². The van der Waals surface area contributed by atoms with E-state index in [-0.39, 0.29) is 0 Å². The average molecular weight is 510 g/mol. The van der Waals surface area contributed by atoms with Crippen LogP contribution in [0.2, 0.25) is 0 Å². The Morgan fingerprint density at radius 2 is 0.917 bits per heavy atom. The van der Waals surface area contributed by atoms with Gasteiger partial charge in [0.15, 0.2) is 0 Å². The second-order valence-corrected chi connectivity index (χ2v) is 14.9. The number of hydrogen-bond acceptors (Lipinski definition) is 1. The largest absolute Gasteiger partial charge is 0.306 e. The molecule has 5 rings (SSSR count). The molecule has 0 saturated heterocycles. The van der Waals surface area contributed by atoms with Crippen LogP contribution in [-0.4, -0.2) is 36.4 Å². The van der Waals surface area contributed by atoms with Crippen molar-refractivity contribution in [2.24, 2.45) is 5.92 Å². The van der Waals surface area contributed by atoms with Gasteiger partial charge in [0.25, 0.3) is 0 Å². The minimum absolute atomic E-state index is 0.477. The van der Waals surface area contributed by atoms with Gasteiger partial charge in [0.05, 0.1) is 0 Å². The first-order chi connectivity index (χ1) is 17.6. The summed E-state index contributed by atoms with van der Waals surface area (Å²) in [6, 6.07) is 46.1. The highest BCUT2D eigenvalue weighted by Gasteiger charge is 2.48. The van der Waals surface area contributed by atoms with Crippen molar-refractivity contribution in [1.82, 2.24) is 4.90 Å². The van der Waals surface area contributed by atoms with E-state index < -0.39 is 15.8 Å². The van der Waals surface area contributed by atoms with E-state index in [1.807, 2.05) is 0 Å². The molecule has 0 aliphatic heterocycles. The van der Waals surface area contributed by atoms with Crippen LogP contribution in [0.4, 0.5) is 0 Å². The Morgan fingerprint density at radius 1 is 0.556 bits per heavy atom. The summed E-state index contributed by atoms with van der Waals surface area (Å²) in [5.41, 5.74) is 1.26. The van der Waals surface area contributed by atoms with Crippen LogP contribution in [0.1, 0.15) is 19.8 Å². The number of rotatable bonds is 8. The van der Waals surface area contributed by atoms with Gasteiger partial charge in [0, 0.05) is 6.04 Å². The lowest BCUT2D eigenvalue weighted by atomic mass is 9.98. The topological polar surface area (TPSA) is 3.24 Å². The quantitative estimate of drug-likeness (QED) is 0.250. The van der Waals surface area contributed by atoms with E-state index in [4.69, 9.17) is 0 Å². The predicted octanol–water partition coefficient (Wildman–Crippen LogP) is 6.35. The lowest BCUT2D eigenvalue weighted by Gasteiger charge is -2.41. The molecule has 4 aromatic carbocycles. The zero-order chi connectivity index (χ0) is 24.9. The molecule has 0 heterocycles. The van der Waals surface area contributed by atoms with E-state index in [1.54, 1.807) is 0 Å². The molecule has 0 N–H and O–H groups in total. The van der Waals surface area contributed by atoms with Crippen molar-refractivity contribution in [3.63, 3.8) is 0 Å². The van der Waals surface area contributed by atoms with Crippen molar-refractivity contribution < 1.29 is 0 Å². The fraction of sp³-hybridized carbons (Fsp3) is 0.273. The zero-order valence-electron chi connectivity index (χ0n) is 21.6. The Labute approximate surface area is 220 Å². The molecule has 3 unspecified atom stereocenters. The van der Waals surface area contributed by atoms with Gasteiger partial charge in [-0.2, -0.15) is 0 Å². The van der Waals surface area contributed by atoms with Crippen LogP contribution in [0.25, 0.3) is 0 Å². The van der Waals surface area contributed by atoms with Gasteiger partial charge in [-0.1, -0.05) is 121 Å². The Morgan fingerprint density at radius 3 is 1.28 bits per heavy atom. The van der Waals surface area contributed by atoms with Gasteiger partial charge in [-0.25, -0.2) is 0 Å². The maximum atomic E-state index is 2.46. The highest BCUT2D eigenvalue weighted by atomic mass is 31.1. The zero-order valence-corrected chi connectivity index (χ0v) is 23.4. The minimum atomic E-state index is -0.511. The summed E-state index contributed by atoms with van der Waals surface area (Å²) in [5, 5.41) is 6.07. The Balaban J connectivity index is 1.69. The maximum absolute atomic E-state index is 2.46. The summed E-state index contributed by atoms with van der Waals surface area (Å²) in [4.78, 5) is 2.46. The van der Waals surface area contributed by atoms with Crippen LogP contribution in [0.15, 0.2) is 121 Å². The first kappa shape index (κ1) is 25.4. The highest BCUT2D eigenvalue weighted by molar-refractivity contribution is 7.77. The van der Waals surface area contributed by atoms with E-state index in [0.29, 0.717) is 23.3 Å². The lowest BCUT2D eigenvalue weighted by molar-refractivity contribution is 0.232. The molecule has 0 amide bonds. The van der Waals surface area contributed by atoms with Gasteiger partial charge in [-0.3, -0.25) is 0 Å². The van der Waals surface area contributed by atoms with Crippen molar-refractivity contribution >= 4 is 37.1 Å². The van der Waals surface area contributed by atoms with Crippen molar-refractivity contribution in [3.05, 3.63) is 121 Å². The first-order valence-electron chi connectivity index (χ1n) is 13.1. The van der Waals surface area contributed by atoms with Crippen molar-refractivity contribution in [2.45, 2.75) is 37.1 Å². The molecular weight excluding hydrogens is 472 g/mol. The van der Waals surface area contributed by atoms with Crippen molar-refractivity contribution in [3.8, 4) is 0 Å². The van der Waals surface area contributed by atoms with Gasteiger partial charge < -0.3 is 4.90 Å². The number of nitrogens with zero attached hydrogens (tertiary/aromatic N) is 1. The van der Waals surface area contributed by atoms with Crippen LogP contribution >= 0.6 is 15.8 Å². The summed E-state index contributed by atoms with van der Waals surface area (Å²) < 4.78 is 0. The molecular formula is C33H37NP2. The van der Waals surface area contributed by atoms with E-state index in [9.17, 15) is 0 Å². The standard InChI is InChI=1S/C33H37NP2/c1-26(34(2)3)31-24-25-32(35(27-16-8-4-9-17-27)28-18-10-5-11-19-28)33(31)36(29-20-12-6-13-21-29)30-22-14-7-15-23-30/h4-23,26,31-33H,24-25H2,1-3H3/t26-,31?,32?,33?/m1/s1. The molecule has 3 heteroatoms. The number of hydrogen-bond donors (Lipinski definition) is 0. The van der Waals surface area contributed by atoms with Crippen LogP contribution in [0, 0.1) is 5.92 Å². The summed E-state index contributed by atoms with van der Waals surface area (Å²) in [6.45, 7) is 2.46. The van der Waals surface area contributed by atoms with Gasteiger partial charge in [0.2, 0.25) is 0 Å². The third-order valence-corrected chi connectivity index (χ3v) is 14.1. The second kappa shape index (κ2) is 11.8.